The third-order valence-corrected chi connectivity index (χ3v) is 6.41. The highest BCUT2D eigenvalue weighted by atomic mass is 79.9. The Labute approximate surface area is 195 Å². The highest BCUT2D eigenvalue weighted by Crippen LogP contribution is 2.33. The molecule has 5 nitrogen and oxygen atoms in total. The van der Waals surface area contributed by atoms with Crippen molar-refractivity contribution in [3.63, 3.8) is 0 Å². The summed E-state index contributed by atoms with van der Waals surface area (Å²) in [6, 6.07) is 12.6. The molecule has 1 N–H and O–H groups in total. The van der Waals surface area contributed by atoms with E-state index in [0.29, 0.717) is 32.3 Å². The van der Waals surface area contributed by atoms with Crippen molar-refractivity contribution in [1.82, 2.24) is 9.88 Å². The molecule has 0 unspecified atom stereocenters. The predicted octanol–water partition coefficient (Wildman–Crippen LogP) is 4.71. The van der Waals surface area contributed by atoms with E-state index >= 15 is 0 Å². The van der Waals surface area contributed by atoms with Crippen LogP contribution in [0.2, 0.25) is 0 Å². The molecule has 4 rings (SSSR count). The number of carbonyl (C=O) groups excluding carboxylic acids is 2. The fourth-order valence-electron chi connectivity index (χ4n) is 4.51. The molecule has 2 aromatic carbocycles. The average Bonchev–Trinajstić information content (AvgIpc) is 3.05. The van der Waals surface area contributed by atoms with E-state index in [4.69, 9.17) is 4.74 Å². The first-order valence-electron chi connectivity index (χ1n) is 10.9. The van der Waals surface area contributed by atoms with E-state index in [0.717, 1.165) is 38.6 Å². The first-order chi connectivity index (χ1) is 15.4. The molecule has 0 spiro atoms. The lowest BCUT2D eigenvalue weighted by molar-refractivity contribution is -0.143. The topological polar surface area (TPSA) is 60.3 Å². The first kappa shape index (κ1) is 22.5. The molecule has 1 atom stereocenters. The lowest BCUT2D eigenvalue weighted by Crippen LogP contribution is -2.39. The minimum absolute atomic E-state index is 0.0116. The number of nitrogens with one attached hydrogen (secondary N) is 1. The Bertz CT molecular complexity index is 1160. The Balaban J connectivity index is 1.49. The van der Waals surface area contributed by atoms with Crippen molar-refractivity contribution < 1.29 is 18.7 Å². The zero-order valence-electron chi connectivity index (χ0n) is 18.0. The van der Waals surface area contributed by atoms with Crippen LogP contribution < -0.4 is 5.32 Å². The van der Waals surface area contributed by atoms with Crippen molar-refractivity contribution in [2.24, 2.45) is 0 Å². The van der Waals surface area contributed by atoms with Crippen molar-refractivity contribution in [2.45, 2.75) is 51.6 Å². The van der Waals surface area contributed by atoms with Gasteiger partial charge >= 0.3 is 5.97 Å². The maximum Gasteiger partial charge on any atom is 0.325 e. The quantitative estimate of drug-likeness (QED) is 0.477. The van der Waals surface area contributed by atoms with Gasteiger partial charge in [-0.15, -0.1) is 0 Å². The van der Waals surface area contributed by atoms with Crippen molar-refractivity contribution in [3.8, 4) is 0 Å². The van der Waals surface area contributed by atoms with E-state index in [2.05, 4.69) is 21.2 Å². The number of ether oxygens (including phenoxy) is 1. The Morgan fingerprint density at radius 2 is 2.09 bits per heavy atom. The van der Waals surface area contributed by atoms with Gasteiger partial charge in [-0.3, -0.25) is 9.59 Å². The van der Waals surface area contributed by atoms with Gasteiger partial charge < -0.3 is 14.6 Å². The summed E-state index contributed by atoms with van der Waals surface area (Å²) in [5, 5.41) is 3.95. The summed E-state index contributed by atoms with van der Waals surface area (Å²) in [5.41, 5.74) is 3.97. The molecule has 3 aromatic rings. The fraction of sp³-hybridized carbons (Fsp3) is 0.360. The second kappa shape index (κ2) is 9.86. The molecule has 168 valence electrons. The van der Waals surface area contributed by atoms with Crippen LogP contribution in [0, 0.1) is 5.82 Å². The number of halogens is 2. The lowest BCUT2D eigenvalue weighted by Gasteiger charge is -2.25. The number of amides is 1. The summed E-state index contributed by atoms with van der Waals surface area (Å²) >= 11 is 3.46. The Kier molecular flexibility index (Phi) is 6.94. The largest absolute Gasteiger partial charge is 0.465 e. The summed E-state index contributed by atoms with van der Waals surface area (Å²) in [7, 11) is 0. The molecule has 0 radical (unpaired) electrons. The van der Waals surface area contributed by atoms with Gasteiger partial charge in [-0.1, -0.05) is 28.1 Å². The number of rotatable bonds is 7. The number of hydrogen-bond acceptors (Lipinski definition) is 3. The molecule has 0 aliphatic heterocycles. The van der Waals surface area contributed by atoms with Gasteiger partial charge in [0.25, 0.3) is 0 Å². The molecular formula is C25H26BrFN2O3. The summed E-state index contributed by atoms with van der Waals surface area (Å²) < 4.78 is 22.1. The van der Waals surface area contributed by atoms with Crippen LogP contribution in [0.3, 0.4) is 0 Å². The van der Waals surface area contributed by atoms with Crippen LogP contribution in [0.5, 0.6) is 0 Å². The minimum Gasteiger partial charge on any atom is -0.465 e. The zero-order valence-corrected chi connectivity index (χ0v) is 19.6. The van der Waals surface area contributed by atoms with Crippen molar-refractivity contribution in [1.29, 1.82) is 0 Å². The number of esters is 1. The molecule has 1 aromatic heterocycles. The van der Waals surface area contributed by atoms with Gasteiger partial charge in [-0.25, -0.2) is 4.39 Å². The zero-order chi connectivity index (χ0) is 22.7. The number of benzene rings is 2. The van der Waals surface area contributed by atoms with Gasteiger partial charge in [-0.05, 0) is 74.1 Å². The molecule has 1 aliphatic rings. The van der Waals surface area contributed by atoms with Gasteiger partial charge in [0.1, 0.15) is 12.4 Å². The van der Waals surface area contributed by atoms with Crippen LogP contribution in [-0.2, 0) is 40.1 Å². The Morgan fingerprint density at radius 1 is 1.25 bits per heavy atom. The molecule has 1 amide bonds. The van der Waals surface area contributed by atoms with E-state index in [1.165, 1.54) is 12.1 Å². The number of nitrogens with zero attached hydrogens (tertiary/aromatic N) is 1. The summed E-state index contributed by atoms with van der Waals surface area (Å²) in [6.45, 7) is 2.21. The Morgan fingerprint density at radius 3 is 2.88 bits per heavy atom. The molecule has 7 heteroatoms. The molecule has 0 bridgehead atoms. The summed E-state index contributed by atoms with van der Waals surface area (Å²) in [4.78, 5) is 24.7. The van der Waals surface area contributed by atoms with Crippen molar-refractivity contribution >= 4 is 38.7 Å². The summed E-state index contributed by atoms with van der Waals surface area (Å²) in [6.07, 6.45) is 3.19. The van der Waals surface area contributed by atoms with E-state index in [9.17, 15) is 14.0 Å². The SMILES string of the molecule is CCOC(=O)Cn1c2c(c3cc(F)ccc31)C[C@@H](NC(=O)CCc1cccc(Br)c1)CC2. The summed E-state index contributed by atoms with van der Waals surface area (Å²) in [5.74, 6) is -0.604. The van der Waals surface area contributed by atoms with Gasteiger partial charge in [0, 0.05) is 33.5 Å². The number of aromatic nitrogens is 1. The van der Waals surface area contributed by atoms with Crippen molar-refractivity contribution in [3.05, 3.63) is 69.6 Å². The Hall–Kier alpha value is -2.67. The van der Waals surface area contributed by atoms with Crippen LogP contribution in [0.1, 0.15) is 36.6 Å². The standard InChI is InChI=1S/C25H26BrFN2O3/c1-2-32-25(31)15-29-22-9-7-18(27)13-20(22)21-14-19(8-10-23(21)29)28-24(30)11-6-16-4-3-5-17(26)12-16/h3-5,7,9,12-13,19H,2,6,8,10-11,14-15H2,1H3,(H,28,30)/t19-/m0/s1. The van der Waals surface area contributed by atoms with Crippen LogP contribution in [0.4, 0.5) is 4.39 Å². The third-order valence-electron chi connectivity index (χ3n) is 5.92. The smallest absolute Gasteiger partial charge is 0.325 e. The third kappa shape index (κ3) is 5.04. The number of aryl methyl sites for hydroxylation is 1. The van der Waals surface area contributed by atoms with Crippen molar-refractivity contribution in [2.75, 3.05) is 6.61 Å². The molecule has 0 fully saturated rings. The van der Waals surface area contributed by atoms with Gasteiger partial charge in [0.05, 0.1) is 6.61 Å². The van der Waals surface area contributed by atoms with E-state index in [1.54, 1.807) is 13.0 Å². The highest BCUT2D eigenvalue weighted by molar-refractivity contribution is 9.10. The second-order valence-corrected chi connectivity index (χ2v) is 9.03. The van der Waals surface area contributed by atoms with Crippen LogP contribution in [0.25, 0.3) is 10.9 Å². The molecule has 32 heavy (non-hydrogen) atoms. The second-order valence-electron chi connectivity index (χ2n) is 8.12. The lowest BCUT2D eigenvalue weighted by atomic mass is 9.91. The number of fused-ring (bicyclic) bond motifs is 3. The van der Waals surface area contributed by atoms with Gasteiger partial charge in [-0.2, -0.15) is 0 Å². The first-order valence-corrected chi connectivity index (χ1v) is 11.7. The number of hydrogen-bond donors (Lipinski definition) is 1. The van der Waals surface area contributed by atoms with Gasteiger partial charge in [0.15, 0.2) is 0 Å². The molecule has 1 heterocycles. The highest BCUT2D eigenvalue weighted by Gasteiger charge is 2.27. The molecular weight excluding hydrogens is 475 g/mol. The maximum absolute atomic E-state index is 14.0. The molecule has 0 saturated carbocycles. The normalized spacial score (nSPS) is 15.4. The van der Waals surface area contributed by atoms with Crippen LogP contribution in [-0.4, -0.2) is 29.1 Å². The minimum atomic E-state index is -0.311. The van der Waals surface area contributed by atoms with Crippen LogP contribution >= 0.6 is 15.9 Å². The average molecular weight is 501 g/mol. The molecule has 1 aliphatic carbocycles. The van der Waals surface area contributed by atoms with Crippen LogP contribution in [0.15, 0.2) is 46.9 Å². The fourth-order valence-corrected chi connectivity index (χ4v) is 4.96. The predicted molar refractivity (Wildman–Crippen MR) is 125 cm³/mol. The van der Waals surface area contributed by atoms with E-state index in [-0.39, 0.29) is 30.3 Å². The maximum atomic E-state index is 14.0. The monoisotopic (exact) mass is 500 g/mol. The number of carbonyl (C=O) groups is 2. The van der Waals surface area contributed by atoms with E-state index in [1.807, 2.05) is 28.8 Å². The van der Waals surface area contributed by atoms with Gasteiger partial charge in [0.2, 0.25) is 5.91 Å². The van der Waals surface area contributed by atoms with E-state index < -0.39 is 0 Å². The molecule has 0 saturated heterocycles.